The number of alkyl halides is 12. The van der Waals surface area contributed by atoms with Gasteiger partial charge in [0, 0.05) is 56.7 Å². The van der Waals surface area contributed by atoms with Crippen LogP contribution in [0.5, 0.6) is 0 Å². The third-order valence-electron chi connectivity index (χ3n) is 12.6. The van der Waals surface area contributed by atoms with Crippen LogP contribution in [0.2, 0.25) is 0 Å². The molecule has 9 rings (SSSR count). The second-order valence-corrected chi connectivity index (χ2v) is 16.5. The molecule has 0 unspecified atom stereocenters. The Hall–Kier alpha value is -5.14. The smallest absolute Gasteiger partial charge is 0.413 e. The summed E-state index contributed by atoms with van der Waals surface area (Å²) in [4.78, 5) is 0. The number of rotatable bonds is 4. The Morgan fingerprint density at radius 2 is 0.672 bits per heavy atom. The summed E-state index contributed by atoms with van der Waals surface area (Å²) in [6, 6.07) is 21.1. The van der Waals surface area contributed by atoms with E-state index in [-0.39, 0.29) is 56.1 Å². The molecular formula is C44H30F12O2. The summed E-state index contributed by atoms with van der Waals surface area (Å²) in [6.07, 6.45) is -21.5. The number of para-hydroxylation sites is 2. The normalized spacial score (nSPS) is 24.6. The molecule has 0 amide bonds. The van der Waals surface area contributed by atoms with E-state index in [2.05, 4.69) is 0 Å². The van der Waals surface area contributed by atoms with E-state index in [1.165, 1.54) is 64.1 Å². The first-order chi connectivity index (χ1) is 26.8. The molecule has 14 heteroatoms. The quantitative estimate of drug-likeness (QED) is 0.133. The maximum Gasteiger partial charge on any atom is 0.413 e. The lowest BCUT2D eigenvalue weighted by Crippen LogP contribution is -2.27. The highest BCUT2D eigenvalue weighted by molar-refractivity contribution is 6.04. The number of allylic oxidation sites excluding steroid dienone is 8. The van der Waals surface area contributed by atoms with E-state index in [1.807, 2.05) is 0 Å². The zero-order chi connectivity index (χ0) is 41.9. The zero-order valence-electron chi connectivity index (χ0n) is 30.7. The van der Waals surface area contributed by atoms with E-state index >= 15 is 0 Å². The van der Waals surface area contributed by atoms with Crippen molar-refractivity contribution in [1.82, 2.24) is 0 Å². The van der Waals surface area contributed by atoms with Gasteiger partial charge in [0.15, 0.2) is 0 Å². The van der Waals surface area contributed by atoms with Gasteiger partial charge in [0.25, 0.3) is 0 Å². The average Bonchev–Trinajstić information content (AvgIpc) is 3.92. The van der Waals surface area contributed by atoms with Crippen LogP contribution >= 0.6 is 0 Å². The Labute approximate surface area is 322 Å². The van der Waals surface area contributed by atoms with E-state index in [4.69, 9.17) is 8.83 Å². The molecule has 3 aromatic carbocycles. The largest absolute Gasteiger partial charge is 0.456 e. The van der Waals surface area contributed by atoms with Crippen molar-refractivity contribution in [3.05, 3.63) is 130 Å². The van der Waals surface area contributed by atoms with Crippen LogP contribution in [0, 0.1) is 34.5 Å². The minimum Gasteiger partial charge on any atom is -0.456 e. The van der Waals surface area contributed by atoms with E-state index in [1.54, 1.807) is 48.5 Å². The lowest BCUT2D eigenvalue weighted by atomic mass is 9.74. The van der Waals surface area contributed by atoms with Crippen molar-refractivity contribution >= 4 is 44.2 Å². The fraction of sp³-hybridized carbons (Fsp3) is 0.318. The van der Waals surface area contributed by atoms with Gasteiger partial charge >= 0.3 is 24.7 Å². The van der Waals surface area contributed by atoms with Crippen LogP contribution in [-0.2, 0) is 0 Å². The van der Waals surface area contributed by atoms with Crippen molar-refractivity contribution in [2.75, 3.05) is 0 Å². The van der Waals surface area contributed by atoms with Crippen molar-refractivity contribution in [2.24, 2.45) is 34.5 Å². The summed E-state index contributed by atoms with van der Waals surface area (Å²) in [6.45, 7) is 5.29. The fourth-order valence-electron chi connectivity index (χ4n) is 10.6. The van der Waals surface area contributed by atoms with Crippen molar-refractivity contribution in [1.29, 1.82) is 0 Å². The Morgan fingerprint density at radius 3 is 0.948 bits per heavy atom. The molecule has 302 valence electrons. The maximum atomic E-state index is 14.9. The molecule has 4 atom stereocenters. The van der Waals surface area contributed by atoms with Gasteiger partial charge in [-0.15, -0.1) is 0 Å². The first-order valence-electron chi connectivity index (χ1n) is 18.2. The molecule has 5 aromatic rings. The highest BCUT2D eigenvalue weighted by Crippen LogP contribution is 2.74. The van der Waals surface area contributed by atoms with E-state index < -0.39 is 81.5 Å². The molecule has 4 bridgehead atoms. The molecule has 0 fully saturated rings. The second kappa shape index (κ2) is 11.7. The fourth-order valence-corrected chi connectivity index (χ4v) is 10.6. The van der Waals surface area contributed by atoms with Crippen molar-refractivity contribution in [3.8, 4) is 0 Å². The van der Waals surface area contributed by atoms with Gasteiger partial charge in [-0.05, 0) is 57.4 Å². The predicted octanol–water partition coefficient (Wildman–Crippen LogP) is 14.4. The Kier molecular flexibility index (Phi) is 7.77. The van der Waals surface area contributed by atoms with Gasteiger partial charge in [-0.25, -0.2) is 0 Å². The van der Waals surface area contributed by atoms with Crippen LogP contribution < -0.4 is 0 Å². The highest BCUT2D eigenvalue weighted by Gasteiger charge is 2.70. The number of halogens is 12. The number of furan rings is 2. The maximum absolute atomic E-state index is 14.9. The first-order valence-corrected chi connectivity index (χ1v) is 18.2. The molecule has 0 radical (unpaired) electrons. The van der Waals surface area contributed by atoms with E-state index in [0.29, 0.717) is 10.8 Å². The van der Waals surface area contributed by atoms with Crippen LogP contribution in [0.15, 0.2) is 116 Å². The summed E-state index contributed by atoms with van der Waals surface area (Å²) in [5.74, 6) is -7.48. The van der Waals surface area contributed by atoms with Gasteiger partial charge in [0.05, 0.1) is 11.1 Å². The lowest BCUT2D eigenvalue weighted by Gasteiger charge is -2.30. The van der Waals surface area contributed by atoms with Gasteiger partial charge < -0.3 is 8.83 Å². The van der Waals surface area contributed by atoms with Crippen molar-refractivity contribution in [3.63, 3.8) is 0 Å². The summed E-state index contributed by atoms with van der Waals surface area (Å²) in [5, 5.41) is 0.981. The average molecular weight is 819 g/mol. The zero-order valence-corrected chi connectivity index (χ0v) is 30.7. The molecule has 0 saturated heterocycles. The van der Waals surface area contributed by atoms with Crippen LogP contribution in [0.3, 0.4) is 0 Å². The minimum absolute atomic E-state index is 0.0404. The topological polar surface area (TPSA) is 26.3 Å². The van der Waals surface area contributed by atoms with Crippen LogP contribution in [0.1, 0.15) is 50.3 Å². The molecule has 0 aliphatic heterocycles. The molecule has 2 heterocycles. The second-order valence-electron chi connectivity index (χ2n) is 16.5. The molecule has 2 nitrogen and oxygen atoms in total. The van der Waals surface area contributed by atoms with Crippen molar-refractivity contribution < 1.29 is 61.5 Å². The van der Waals surface area contributed by atoms with E-state index in [9.17, 15) is 52.7 Å². The standard InChI is InChI=1S/C44H30F12O2/c1-39(2)31-27(29(25-17-21-9-5-7-11-23(21)57-25)33(39)37(43(51,52)53)35(31)41(45,46)47)19-13-15-20(16-14-19)28-30(26-18-22-10-6-8-12-24(22)58-26)34-38(44(54,55)56)36(42(48,49)50)32(28)40(34,3)4/h5-18,31-34H,1-4H3/t31-,32+,33+,34-. The van der Waals surface area contributed by atoms with Gasteiger partial charge in [0.1, 0.15) is 22.7 Å². The molecule has 4 aliphatic carbocycles. The van der Waals surface area contributed by atoms with Gasteiger partial charge in [-0.1, -0.05) is 88.4 Å². The number of hydrogen-bond donors (Lipinski definition) is 0. The monoisotopic (exact) mass is 818 g/mol. The molecule has 0 N–H and O–H groups in total. The first kappa shape index (κ1) is 38.4. The summed E-state index contributed by atoms with van der Waals surface area (Å²) in [5.41, 5.74) is -10.0. The molecule has 4 aliphatic rings. The number of fused-ring (bicyclic) bond motifs is 6. The third kappa shape index (κ3) is 5.27. The summed E-state index contributed by atoms with van der Waals surface area (Å²) in [7, 11) is 0. The predicted molar refractivity (Wildman–Crippen MR) is 192 cm³/mol. The summed E-state index contributed by atoms with van der Waals surface area (Å²) < 4.78 is 190. The van der Waals surface area contributed by atoms with E-state index in [0.717, 1.165) is 0 Å². The molecular weight excluding hydrogens is 788 g/mol. The van der Waals surface area contributed by atoms with Crippen LogP contribution in [-0.4, -0.2) is 24.7 Å². The van der Waals surface area contributed by atoms with Gasteiger partial charge in [-0.2, -0.15) is 52.7 Å². The number of hydrogen-bond acceptors (Lipinski definition) is 2. The Morgan fingerprint density at radius 1 is 0.397 bits per heavy atom. The molecule has 58 heavy (non-hydrogen) atoms. The minimum atomic E-state index is -5.40. The van der Waals surface area contributed by atoms with Crippen LogP contribution in [0.25, 0.3) is 44.2 Å². The number of benzene rings is 3. The molecule has 0 saturated carbocycles. The third-order valence-corrected chi connectivity index (χ3v) is 12.6. The van der Waals surface area contributed by atoms with Gasteiger partial charge in [0.2, 0.25) is 0 Å². The SMILES string of the molecule is CC1(C)[C@@H]2C(c3cc4ccccc4o3)=C(c3ccc(C4=C(c5cc6ccccc6o5)[C@H]5C(C(F)(F)F)=C(C(F)(F)F)[C@@H]4C5(C)C)cc3)[C@H]1C(C(F)(F)F)=C2C(F)(F)F. The van der Waals surface area contributed by atoms with Gasteiger partial charge in [-0.3, -0.25) is 0 Å². The Balaban J connectivity index is 1.28. The van der Waals surface area contributed by atoms with Crippen molar-refractivity contribution in [2.45, 2.75) is 52.4 Å². The Bertz CT molecular complexity index is 2430. The lowest BCUT2D eigenvalue weighted by molar-refractivity contribution is -0.117. The highest BCUT2D eigenvalue weighted by atomic mass is 19.4. The van der Waals surface area contributed by atoms with Crippen LogP contribution in [0.4, 0.5) is 52.7 Å². The molecule has 0 spiro atoms. The molecule has 2 aromatic heterocycles. The summed E-state index contributed by atoms with van der Waals surface area (Å²) >= 11 is 0.